The van der Waals surface area contributed by atoms with Crippen molar-refractivity contribution in [2.24, 2.45) is 5.92 Å². The van der Waals surface area contributed by atoms with Crippen LogP contribution < -0.4 is 0 Å². The van der Waals surface area contributed by atoms with E-state index in [4.69, 9.17) is 4.74 Å². The van der Waals surface area contributed by atoms with Crippen molar-refractivity contribution >= 4 is 21.2 Å². The number of unbranched alkanes of at least 4 members (excludes halogenated alkanes) is 1. The highest BCUT2D eigenvalue weighted by molar-refractivity contribution is 7.89. The van der Waals surface area contributed by atoms with Crippen LogP contribution in [-0.4, -0.2) is 67.1 Å². The van der Waals surface area contributed by atoms with Gasteiger partial charge in [-0.2, -0.15) is 0 Å². The third-order valence-corrected chi connectivity index (χ3v) is 3.46. The van der Waals surface area contributed by atoms with Crippen molar-refractivity contribution in [2.75, 3.05) is 47.6 Å². The molecule has 0 saturated carbocycles. The van der Waals surface area contributed by atoms with E-state index in [-0.39, 0.29) is 0 Å². The third-order valence-electron chi connectivity index (χ3n) is 2.76. The topological polar surface area (TPSA) is 74.7 Å². The van der Waals surface area contributed by atoms with Gasteiger partial charge in [-0.15, -0.1) is 11.3 Å². The largest absolute Gasteiger partial charge is 0.388 e. The first kappa shape index (κ1) is 49.6. The third kappa shape index (κ3) is 126. The van der Waals surface area contributed by atoms with E-state index in [1.165, 1.54) is 18.4 Å². The molecule has 0 N–H and O–H groups in total. The van der Waals surface area contributed by atoms with Gasteiger partial charge in [0.05, 0.1) is 11.1 Å². The molecular weight excluding hydrogens is 518 g/mol. The summed E-state index contributed by atoms with van der Waals surface area (Å²) >= 11 is 1.67. The van der Waals surface area contributed by atoms with Crippen LogP contribution in [0.2, 0.25) is 0 Å². The Labute approximate surface area is 242 Å². The molecule has 1 heterocycles. The van der Waals surface area contributed by atoms with Gasteiger partial charge in [0.25, 0.3) is 0 Å². The number of sulfone groups is 1. The molecule has 0 aliphatic heterocycles. The summed E-state index contributed by atoms with van der Waals surface area (Å²) < 4.78 is 32.8. The number of rotatable bonds is 3. The maximum atomic E-state index is 9.63. The highest BCUT2D eigenvalue weighted by atomic mass is 32.2. The van der Waals surface area contributed by atoms with E-state index < -0.39 is 9.84 Å². The summed E-state index contributed by atoms with van der Waals surface area (Å²) in [6.45, 7) is 21.7. The van der Waals surface area contributed by atoms with E-state index in [0.29, 0.717) is 6.10 Å². The second kappa shape index (κ2) is 42.8. The van der Waals surface area contributed by atoms with Gasteiger partial charge in [-0.05, 0) is 40.5 Å². The zero-order valence-electron chi connectivity index (χ0n) is 27.6. The summed E-state index contributed by atoms with van der Waals surface area (Å²) in [5.41, 5.74) is 1.32. The predicted octanol–water partition coefficient (Wildman–Crippen LogP) is 8.53. The smallest absolute Gasteiger partial charge is 0.144 e. The van der Waals surface area contributed by atoms with Gasteiger partial charge in [-0.3, -0.25) is 4.98 Å². The number of nitrogens with zero attached hydrogens (tertiary/aromatic N) is 1. The zero-order chi connectivity index (χ0) is 31.4. The molecular formula is C30H63NO5S2. The fourth-order valence-electron chi connectivity index (χ4n) is 0.829. The summed E-state index contributed by atoms with van der Waals surface area (Å²) in [6, 6.07) is 10.3. The predicted molar refractivity (Wildman–Crippen MR) is 173 cm³/mol. The van der Waals surface area contributed by atoms with Gasteiger partial charge < -0.3 is 14.2 Å². The van der Waals surface area contributed by atoms with E-state index in [2.05, 4.69) is 68.1 Å². The average Bonchev–Trinajstić information content (AvgIpc) is 3.30. The van der Waals surface area contributed by atoms with Gasteiger partial charge in [0, 0.05) is 59.1 Å². The van der Waals surface area contributed by atoms with Gasteiger partial charge in [0.15, 0.2) is 0 Å². The van der Waals surface area contributed by atoms with Gasteiger partial charge in [0.1, 0.15) is 9.84 Å². The maximum Gasteiger partial charge on any atom is 0.144 e. The number of hydrogen-bond acceptors (Lipinski definition) is 7. The van der Waals surface area contributed by atoms with Gasteiger partial charge >= 0.3 is 0 Å². The molecule has 2 rings (SSSR count). The van der Waals surface area contributed by atoms with E-state index in [1.54, 1.807) is 46.0 Å². The fraction of sp³-hybridized carbons (Fsp3) is 0.700. The van der Waals surface area contributed by atoms with Crippen molar-refractivity contribution in [1.29, 1.82) is 0 Å². The van der Waals surface area contributed by atoms with Gasteiger partial charge in [0.2, 0.25) is 0 Å². The molecule has 230 valence electrons. The Kier molecular flexibility index (Phi) is 55.8. The minimum Gasteiger partial charge on any atom is -0.388 e. The van der Waals surface area contributed by atoms with Crippen molar-refractivity contribution in [1.82, 2.24) is 4.98 Å². The standard InChI is InChI=1S/C7H8.C4H5NS.C4H10O.2C4H10.C3H8O.C2H6O2S.C2H6O/c1-7-5-3-2-4-6-7;1-4-5-2-3-6-4;1-4(2)5-3;1-4(2)3;2*1-3-4-2;1-5(2,3)4;1-3-2/h2-6H,1H3;2-3H,1H3;4H,1-3H3;4H,1-3H3;3-4H2,1-2H3;3H2,1-2H3;1-2H3;1-2H3. The Morgan fingerprint density at radius 3 is 1.24 bits per heavy atom. The SMILES string of the molecule is CC(C)C.CCCC.CCOC.COC.COC(C)C.CS(C)(=O)=O.Cc1ccccc1.Cc1nccs1. The molecule has 0 fully saturated rings. The number of benzene rings is 1. The lowest BCUT2D eigenvalue weighted by Crippen LogP contribution is -1.94. The van der Waals surface area contributed by atoms with Crippen LogP contribution in [0.4, 0.5) is 0 Å². The summed E-state index contributed by atoms with van der Waals surface area (Å²) in [5, 5.41) is 3.10. The van der Waals surface area contributed by atoms with Crippen LogP contribution in [0.5, 0.6) is 0 Å². The lowest BCUT2D eigenvalue weighted by atomic mass is 10.2. The minimum absolute atomic E-state index is 0.384. The molecule has 0 unspecified atom stereocenters. The highest BCUT2D eigenvalue weighted by Crippen LogP contribution is 1.98. The molecule has 0 atom stereocenters. The summed E-state index contributed by atoms with van der Waals surface area (Å²) in [7, 11) is 3.96. The van der Waals surface area contributed by atoms with E-state index in [9.17, 15) is 8.42 Å². The number of thiazole rings is 1. The number of hydrogen-bond donors (Lipinski definition) is 0. The molecule has 0 bridgehead atoms. The highest BCUT2D eigenvalue weighted by Gasteiger charge is 1.79. The molecule has 2 aromatic rings. The van der Waals surface area contributed by atoms with Crippen molar-refractivity contribution in [3.05, 3.63) is 52.5 Å². The number of methoxy groups -OCH3 is 3. The van der Waals surface area contributed by atoms with Crippen LogP contribution in [0.1, 0.15) is 78.8 Å². The first-order chi connectivity index (χ1) is 17.5. The number of aromatic nitrogens is 1. The van der Waals surface area contributed by atoms with E-state index in [0.717, 1.165) is 30.0 Å². The zero-order valence-corrected chi connectivity index (χ0v) is 29.3. The number of ether oxygens (including phenoxy) is 3. The van der Waals surface area contributed by atoms with Crippen molar-refractivity contribution in [2.45, 2.75) is 88.2 Å². The van der Waals surface area contributed by atoms with Crippen LogP contribution in [0.25, 0.3) is 0 Å². The molecule has 1 aromatic carbocycles. The lowest BCUT2D eigenvalue weighted by molar-refractivity contribution is 0.134. The molecule has 8 heteroatoms. The quantitative estimate of drug-likeness (QED) is 0.362. The molecule has 1 aromatic heterocycles. The minimum atomic E-state index is -2.67. The summed E-state index contributed by atoms with van der Waals surface area (Å²) in [4.78, 5) is 3.94. The molecule has 0 saturated heterocycles. The van der Waals surface area contributed by atoms with Crippen LogP contribution in [0.3, 0.4) is 0 Å². The monoisotopic (exact) mass is 581 g/mol. The Bertz CT molecular complexity index is 672. The second-order valence-corrected chi connectivity index (χ2v) is 12.2. The Morgan fingerprint density at radius 1 is 0.842 bits per heavy atom. The molecule has 38 heavy (non-hydrogen) atoms. The molecule has 0 aliphatic carbocycles. The molecule has 0 aliphatic rings. The van der Waals surface area contributed by atoms with Crippen LogP contribution in [0, 0.1) is 19.8 Å². The molecule has 6 nitrogen and oxygen atoms in total. The maximum absolute atomic E-state index is 9.63. The average molecular weight is 582 g/mol. The number of aryl methyl sites for hydroxylation is 2. The Hall–Kier alpha value is -1.32. The van der Waals surface area contributed by atoms with Crippen molar-refractivity contribution < 1.29 is 22.6 Å². The first-order valence-electron chi connectivity index (χ1n) is 13.0. The fourth-order valence-corrected chi connectivity index (χ4v) is 1.27. The van der Waals surface area contributed by atoms with Gasteiger partial charge in [-0.25, -0.2) is 8.42 Å². The normalized spacial score (nSPS) is 8.79. The van der Waals surface area contributed by atoms with Crippen LogP contribution in [0.15, 0.2) is 41.9 Å². The molecule has 0 spiro atoms. The molecule has 0 radical (unpaired) electrons. The lowest BCUT2D eigenvalue weighted by Gasteiger charge is -1.94. The van der Waals surface area contributed by atoms with Gasteiger partial charge in [-0.1, -0.05) is 83.4 Å². The van der Waals surface area contributed by atoms with Crippen LogP contribution in [-0.2, 0) is 24.0 Å². The Morgan fingerprint density at radius 2 is 1.16 bits per heavy atom. The molecule has 0 amide bonds. The summed E-state index contributed by atoms with van der Waals surface area (Å²) in [5.74, 6) is 0.833. The Balaban J connectivity index is -0.0000000782. The van der Waals surface area contributed by atoms with E-state index in [1.807, 2.05) is 51.3 Å². The van der Waals surface area contributed by atoms with Crippen LogP contribution >= 0.6 is 11.3 Å². The first-order valence-corrected chi connectivity index (χ1v) is 16.2. The van der Waals surface area contributed by atoms with E-state index >= 15 is 0 Å². The van der Waals surface area contributed by atoms with Crippen molar-refractivity contribution in [3.63, 3.8) is 0 Å². The summed E-state index contributed by atoms with van der Waals surface area (Å²) in [6.07, 6.45) is 7.15. The second-order valence-electron chi connectivity index (χ2n) is 8.85. The van der Waals surface area contributed by atoms with Crippen molar-refractivity contribution in [3.8, 4) is 0 Å².